The predicted octanol–water partition coefficient (Wildman–Crippen LogP) is 1.81. The second kappa shape index (κ2) is 5.00. The molecular formula is C15H23N3. The number of piperidine rings is 1. The van der Waals surface area contributed by atoms with Crippen LogP contribution in [0.25, 0.3) is 0 Å². The van der Waals surface area contributed by atoms with Gasteiger partial charge in [0.1, 0.15) is 0 Å². The number of benzene rings is 1. The van der Waals surface area contributed by atoms with Gasteiger partial charge in [0.25, 0.3) is 0 Å². The SMILES string of the molecule is CN1CCC(NC2CC(N)c3ccccc32)CC1. The largest absolute Gasteiger partial charge is 0.324 e. The summed E-state index contributed by atoms with van der Waals surface area (Å²) >= 11 is 0. The van der Waals surface area contributed by atoms with Crippen LogP contribution in [0.15, 0.2) is 24.3 Å². The Labute approximate surface area is 109 Å². The predicted molar refractivity (Wildman–Crippen MR) is 74.4 cm³/mol. The molecule has 0 saturated carbocycles. The van der Waals surface area contributed by atoms with Crippen LogP contribution in [0.4, 0.5) is 0 Å². The number of nitrogens with one attached hydrogen (secondary N) is 1. The molecule has 3 rings (SSSR count). The molecule has 0 aromatic heterocycles. The summed E-state index contributed by atoms with van der Waals surface area (Å²) in [6.07, 6.45) is 3.56. The maximum absolute atomic E-state index is 6.22. The smallest absolute Gasteiger partial charge is 0.0344 e. The van der Waals surface area contributed by atoms with Crippen LogP contribution in [0.5, 0.6) is 0 Å². The van der Waals surface area contributed by atoms with Gasteiger partial charge < -0.3 is 16.0 Å². The average molecular weight is 245 g/mol. The summed E-state index contributed by atoms with van der Waals surface area (Å²) in [7, 11) is 2.21. The van der Waals surface area contributed by atoms with Gasteiger partial charge in [0, 0.05) is 18.1 Å². The van der Waals surface area contributed by atoms with Crippen LogP contribution in [0.2, 0.25) is 0 Å². The van der Waals surface area contributed by atoms with E-state index < -0.39 is 0 Å². The molecule has 0 amide bonds. The van der Waals surface area contributed by atoms with Crippen molar-refractivity contribution in [2.75, 3.05) is 20.1 Å². The Morgan fingerprint density at radius 3 is 2.56 bits per heavy atom. The van der Waals surface area contributed by atoms with Gasteiger partial charge in [-0.3, -0.25) is 0 Å². The molecule has 1 heterocycles. The second-order valence-electron chi connectivity index (χ2n) is 5.77. The number of hydrogen-bond acceptors (Lipinski definition) is 3. The molecule has 18 heavy (non-hydrogen) atoms. The van der Waals surface area contributed by atoms with Crippen molar-refractivity contribution in [3.05, 3.63) is 35.4 Å². The summed E-state index contributed by atoms with van der Waals surface area (Å²) in [5.74, 6) is 0. The van der Waals surface area contributed by atoms with Crippen molar-refractivity contribution in [3.8, 4) is 0 Å². The van der Waals surface area contributed by atoms with Gasteiger partial charge in [0.15, 0.2) is 0 Å². The molecule has 2 aliphatic rings. The normalized spacial score (nSPS) is 29.4. The van der Waals surface area contributed by atoms with Gasteiger partial charge in [-0.15, -0.1) is 0 Å². The molecule has 3 N–H and O–H groups in total. The van der Waals surface area contributed by atoms with Gasteiger partial charge in [0.2, 0.25) is 0 Å². The van der Waals surface area contributed by atoms with Gasteiger partial charge in [-0.2, -0.15) is 0 Å². The third kappa shape index (κ3) is 2.30. The van der Waals surface area contributed by atoms with Crippen molar-refractivity contribution in [1.82, 2.24) is 10.2 Å². The van der Waals surface area contributed by atoms with Crippen molar-refractivity contribution in [2.24, 2.45) is 5.73 Å². The number of nitrogens with two attached hydrogens (primary N) is 1. The molecule has 0 radical (unpaired) electrons. The van der Waals surface area contributed by atoms with E-state index >= 15 is 0 Å². The molecule has 3 heteroatoms. The molecule has 1 aromatic rings. The van der Waals surface area contributed by atoms with Crippen LogP contribution in [-0.4, -0.2) is 31.1 Å². The number of hydrogen-bond donors (Lipinski definition) is 2. The van der Waals surface area contributed by atoms with Crippen LogP contribution in [-0.2, 0) is 0 Å². The minimum atomic E-state index is 0.213. The van der Waals surface area contributed by atoms with Gasteiger partial charge >= 0.3 is 0 Å². The van der Waals surface area contributed by atoms with Crippen molar-refractivity contribution in [3.63, 3.8) is 0 Å². The van der Waals surface area contributed by atoms with Crippen molar-refractivity contribution < 1.29 is 0 Å². The minimum Gasteiger partial charge on any atom is -0.324 e. The van der Waals surface area contributed by atoms with Crippen LogP contribution >= 0.6 is 0 Å². The maximum Gasteiger partial charge on any atom is 0.0344 e. The first-order valence-corrected chi connectivity index (χ1v) is 7.03. The fourth-order valence-electron chi connectivity index (χ4n) is 3.29. The van der Waals surface area contributed by atoms with E-state index in [0.29, 0.717) is 12.1 Å². The highest BCUT2D eigenvalue weighted by molar-refractivity contribution is 5.37. The Balaban J connectivity index is 1.68. The molecule has 0 spiro atoms. The molecule has 2 unspecified atom stereocenters. The zero-order valence-corrected chi connectivity index (χ0v) is 11.1. The highest BCUT2D eigenvalue weighted by Crippen LogP contribution is 2.37. The molecule has 1 saturated heterocycles. The molecule has 1 aliphatic heterocycles. The van der Waals surface area contributed by atoms with E-state index in [0.717, 1.165) is 6.42 Å². The topological polar surface area (TPSA) is 41.3 Å². The zero-order valence-electron chi connectivity index (χ0n) is 11.1. The first-order valence-electron chi connectivity index (χ1n) is 7.03. The highest BCUT2D eigenvalue weighted by Gasteiger charge is 2.30. The van der Waals surface area contributed by atoms with E-state index in [4.69, 9.17) is 5.73 Å². The summed E-state index contributed by atoms with van der Waals surface area (Å²) in [4.78, 5) is 2.41. The number of fused-ring (bicyclic) bond motifs is 1. The number of rotatable bonds is 2. The molecule has 0 bridgehead atoms. The van der Waals surface area contributed by atoms with Crippen molar-refractivity contribution in [2.45, 2.75) is 37.4 Å². The summed E-state index contributed by atoms with van der Waals surface area (Å²) < 4.78 is 0. The van der Waals surface area contributed by atoms with Crippen LogP contribution in [0.1, 0.15) is 42.5 Å². The first-order chi connectivity index (χ1) is 8.74. The monoisotopic (exact) mass is 245 g/mol. The maximum atomic E-state index is 6.22. The van der Waals surface area contributed by atoms with Gasteiger partial charge in [0.05, 0.1) is 0 Å². The molecule has 2 atom stereocenters. The lowest BCUT2D eigenvalue weighted by molar-refractivity contribution is 0.223. The lowest BCUT2D eigenvalue weighted by atomic mass is 10.0. The Morgan fingerprint density at radius 1 is 1.17 bits per heavy atom. The summed E-state index contributed by atoms with van der Waals surface area (Å²) in [6.45, 7) is 2.41. The Kier molecular flexibility index (Phi) is 3.37. The third-order valence-corrected chi connectivity index (χ3v) is 4.42. The van der Waals surface area contributed by atoms with E-state index in [-0.39, 0.29) is 6.04 Å². The van der Waals surface area contributed by atoms with E-state index in [1.165, 1.54) is 37.1 Å². The van der Waals surface area contributed by atoms with E-state index in [2.05, 4.69) is 41.5 Å². The van der Waals surface area contributed by atoms with Gasteiger partial charge in [-0.1, -0.05) is 24.3 Å². The fraction of sp³-hybridized carbons (Fsp3) is 0.600. The lowest BCUT2D eigenvalue weighted by Crippen LogP contribution is -2.42. The van der Waals surface area contributed by atoms with Crippen LogP contribution in [0.3, 0.4) is 0 Å². The van der Waals surface area contributed by atoms with Crippen molar-refractivity contribution in [1.29, 1.82) is 0 Å². The standard InChI is InChI=1S/C15H23N3/c1-18-8-6-11(7-9-18)17-15-10-14(16)12-4-2-3-5-13(12)15/h2-5,11,14-15,17H,6-10,16H2,1H3. The Hall–Kier alpha value is -0.900. The average Bonchev–Trinajstić information content (AvgIpc) is 2.70. The lowest BCUT2D eigenvalue weighted by Gasteiger charge is -2.31. The molecule has 98 valence electrons. The molecule has 3 nitrogen and oxygen atoms in total. The van der Waals surface area contributed by atoms with E-state index in [1.54, 1.807) is 0 Å². The molecule has 1 fully saturated rings. The number of likely N-dealkylation sites (tertiary alicyclic amines) is 1. The summed E-state index contributed by atoms with van der Waals surface area (Å²) in [6, 6.07) is 9.96. The fourth-order valence-corrected chi connectivity index (χ4v) is 3.29. The van der Waals surface area contributed by atoms with Crippen molar-refractivity contribution >= 4 is 0 Å². The highest BCUT2D eigenvalue weighted by atomic mass is 15.1. The van der Waals surface area contributed by atoms with Crippen LogP contribution in [0, 0.1) is 0 Å². The van der Waals surface area contributed by atoms with E-state index in [1.807, 2.05) is 0 Å². The molecule has 1 aromatic carbocycles. The summed E-state index contributed by atoms with van der Waals surface area (Å²) in [5, 5.41) is 3.82. The zero-order chi connectivity index (χ0) is 12.5. The minimum absolute atomic E-state index is 0.213. The first kappa shape index (κ1) is 12.2. The Morgan fingerprint density at radius 2 is 1.83 bits per heavy atom. The van der Waals surface area contributed by atoms with Gasteiger partial charge in [-0.25, -0.2) is 0 Å². The van der Waals surface area contributed by atoms with Gasteiger partial charge in [-0.05, 0) is 50.5 Å². The number of nitrogens with zero attached hydrogens (tertiary/aromatic N) is 1. The van der Waals surface area contributed by atoms with E-state index in [9.17, 15) is 0 Å². The molecule has 1 aliphatic carbocycles. The second-order valence-corrected chi connectivity index (χ2v) is 5.77. The third-order valence-electron chi connectivity index (χ3n) is 4.42. The quantitative estimate of drug-likeness (QED) is 0.835. The summed E-state index contributed by atoms with van der Waals surface area (Å²) in [5.41, 5.74) is 8.97. The Bertz CT molecular complexity index is 410. The van der Waals surface area contributed by atoms with Crippen LogP contribution < -0.4 is 11.1 Å². The molecular weight excluding hydrogens is 222 g/mol.